The van der Waals surface area contributed by atoms with E-state index >= 15 is 0 Å². The molecule has 1 aromatic carbocycles. The molecule has 1 aromatic rings. The predicted molar refractivity (Wildman–Crippen MR) is 119 cm³/mol. The van der Waals surface area contributed by atoms with Crippen LogP contribution in [0, 0.1) is 21.4 Å². The number of nitro benzene ring substituents is 1. The highest BCUT2D eigenvalue weighted by Crippen LogP contribution is 2.44. The Hall–Kier alpha value is -2.46. The fourth-order valence-corrected chi connectivity index (χ4v) is 4.95. The molecule has 0 bridgehead atoms. The van der Waals surface area contributed by atoms with Crippen molar-refractivity contribution in [3.63, 3.8) is 0 Å². The molecule has 169 valence electrons. The van der Waals surface area contributed by atoms with Crippen LogP contribution in [-0.2, 0) is 15.8 Å². The highest BCUT2D eigenvalue weighted by molar-refractivity contribution is 6.48. The number of nitrogens with zero attached hydrogens (tertiary/aromatic N) is 3. The Balaban J connectivity index is 1.83. The Labute approximate surface area is 184 Å². The van der Waals surface area contributed by atoms with Gasteiger partial charge in [0, 0.05) is 31.6 Å². The van der Waals surface area contributed by atoms with E-state index in [9.17, 15) is 14.9 Å². The molecule has 2 heterocycles. The van der Waals surface area contributed by atoms with Gasteiger partial charge in [0.15, 0.2) is 11.6 Å². The lowest BCUT2D eigenvalue weighted by Gasteiger charge is -2.39. The maximum absolute atomic E-state index is 13.3. The van der Waals surface area contributed by atoms with Crippen LogP contribution in [0.5, 0.6) is 0 Å². The zero-order valence-electron chi connectivity index (χ0n) is 18.8. The lowest BCUT2D eigenvalue weighted by Crippen LogP contribution is -2.59. The van der Waals surface area contributed by atoms with Crippen molar-refractivity contribution in [3.8, 4) is 0 Å². The van der Waals surface area contributed by atoms with E-state index in [1.807, 2.05) is 13.1 Å². The molecule has 0 aliphatic carbocycles. The van der Waals surface area contributed by atoms with Crippen LogP contribution in [0.2, 0.25) is 13.1 Å². The number of non-ortho nitro benzene ring substituents is 1. The minimum absolute atomic E-state index is 0.000875. The van der Waals surface area contributed by atoms with Crippen LogP contribution in [0.15, 0.2) is 29.3 Å². The molecule has 31 heavy (non-hydrogen) atoms. The lowest BCUT2D eigenvalue weighted by molar-refractivity contribution is -0.384. The van der Waals surface area contributed by atoms with Gasteiger partial charge in [0.2, 0.25) is 9.04 Å². The molecule has 2 atom stereocenters. The number of nitrogens with one attached hydrogen (secondary N) is 1. The van der Waals surface area contributed by atoms with Gasteiger partial charge in [0.1, 0.15) is 6.61 Å². The molecule has 2 aliphatic rings. The number of benzene rings is 1. The number of hydrogen-bond donors (Lipinski definition) is 1. The molecule has 1 fully saturated rings. The first kappa shape index (κ1) is 23.2. The maximum Gasteiger partial charge on any atom is 0.412 e. The van der Waals surface area contributed by atoms with Gasteiger partial charge in [-0.05, 0) is 42.1 Å². The highest BCUT2D eigenvalue weighted by atomic mass is 28.3. The standard InChI is InChI=1S/C21H31N4O5Si/c1-20(2,3)16-12-21(30-31(4)5,18-22-10-11-23-18)24(13-16)19(26)29-14-15-6-8-17(9-7-15)25(27)28/h6-9,16H,10-14H2,1-5H3,(H,22,23)/t16-,21-/m0/s1. The van der Waals surface area contributed by atoms with Crippen molar-refractivity contribution in [2.45, 2.75) is 52.6 Å². The SMILES string of the molecule is C[Si](C)O[C@]1(C2=NCCN2)C[C@H](C(C)(C)C)CN1C(=O)OCc1ccc([N+](=O)[O-])cc1. The summed E-state index contributed by atoms with van der Waals surface area (Å²) in [5.74, 6) is 0.920. The minimum Gasteiger partial charge on any atom is -0.444 e. The van der Waals surface area contributed by atoms with Crippen molar-refractivity contribution >= 4 is 26.7 Å². The van der Waals surface area contributed by atoms with E-state index in [1.165, 1.54) is 12.1 Å². The van der Waals surface area contributed by atoms with Crippen molar-refractivity contribution in [3.05, 3.63) is 39.9 Å². The number of aliphatic imine (C=N–C) groups is 1. The first-order chi connectivity index (χ1) is 14.5. The van der Waals surface area contributed by atoms with E-state index in [2.05, 4.69) is 31.1 Å². The molecule has 1 amide bonds. The Kier molecular flexibility index (Phi) is 6.70. The van der Waals surface area contributed by atoms with Gasteiger partial charge in [0.25, 0.3) is 5.69 Å². The quantitative estimate of drug-likeness (QED) is 0.406. The first-order valence-electron chi connectivity index (χ1n) is 10.5. The van der Waals surface area contributed by atoms with E-state index in [0.717, 1.165) is 6.54 Å². The topological polar surface area (TPSA) is 106 Å². The van der Waals surface area contributed by atoms with Gasteiger partial charge in [-0.3, -0.25) is 20.0 Å². The molecule has 2 aliphatic heterocycles. The number of carbonyl (C=O) groups excluding carboxylic acids is 1. The second-order valence-electron chi connectivity index (χ2n) is 9.31. The van der Waals surface area contributed by atoms with Crippen LogP contribution in [0.1, 0.15) is 32.8 Å². The first-order valence-corrected chi connectivity index (χ1v) is 12.9. The van der Waals surface area contributed by atoms with Crippen molar-refractivity contribution in [2.75, 3.05) is 19.6 Å². The lowest BCUT2D eigenvalue weighted by atomic mass is 9.79. The molecule has 9 nitrogen and oxygen atoms in total. The number of amides is 1. The average Bonchev–Trinajstić information content (AvgIpc) is 3.34. The summed E-state index contributed by atoms with van der Waals surface area (Å²) in [6.07, 6.45) is 0.190. The van der Waals surface area contributed by atoms with Crippen LogP contribution in [0.3, 0.4) is 0 Å². The predicted octanol–water partition coefficient (Wildman–Crippen LogP) is 3.57. The van der Waals surface area contributed by atoms with Gasteiger partial charge < -0.3 is 14.5 Å². The zero-order chi connectivity index (χ0) is 22.8. The maximum atomic E-state index is 13.3. The number of ether oxygens (including phenoxy) is 1. The van der Waals surface area contributed by atoms with Crippen molar-refractivity contribution in [2.24, 2.45) is 16.3 Å². The summed E-state index contributed by atoms with van der Waals surface area (Å²) >= 11 is 0. The normalized spacial score (nSPS) is 23.6. The Morgan fingerprint density at radius 3 is 2.55 bits per heavy atom. The number of rotatable bonds is 6. The summed E-state index contributed by atoms with van der Waals surface area (Å²) < 4.78 is 12.1. The smallest absolute Gasteiger partial charge is 0.412 e. The van der Waals surface area contributed by atoms with Crippen LogP contribution in [-0.4, -0.2) is 56.2 Å². The van der Waals surface area contributed by atoms with E-state index < -0.39 is 25.8 Å². The summed E-state index contributed by atoms with van der Waals surface area (Å²) in [6.45, 7) is 12.5. The molecule has 1 saturated heterocycles. The monoisotopic (exact) mass is 447 g/mol. The molecular formula is C21H31N4O5Si. The van der Waals surface area contributed by atoms with Gasteiger partial charge in [-0.25, -0.2) is 4.79 Å². The molecular weight excluding hydrogens is 416 g/mol. The minimum atomic E-state index is -1.16. The summed E-state index contributed by atoms with van der Waals surface area (Å²) in [6, 6.07) is 6.00. The van der Waals surface area contributed by atoms with Crippen LogP contribution in [0.4, 0.5) is 10.5 Å². The number of amidine groups is 1. The highest BCUT2D eigenvalue weighted by Gasteiger charge is 2.56. The number of likely N-dealkylation sites (tertiary alicyclic amines) is 1. The van der Waals surface area contributed by atoms with Crippen molar-refractivity contribution < 1.29 is 18.9 Å². The molecule has 1 radical (unpaired) electrons. The van der Waals surface area contributed by atoms with E-state index in [1.54, 1.807) is 17.0 Å². The number of hydrogen-bond acceptors (Lipinski definition) is 7. The van der Waals surface area contributed by atoms with E-state index in [0.29, 0.717) is 30.9 Å². The summed E-state index contributed by atoms with van der Waals surface area (Å²) in [5.41, 5.74) is -0.279. The largest absolute Gasteiger partial charge is 0.444 e. The Bertz CT molecular complexity index is 852. The average molecular weight is 448 g/mol. The second kappa shape index (κ2) is 8.95. The van der Waals surface area contributed by atoms with Crippen molar-refractivity contribution in [1.29, 1.82) is 0 Å². The van der Waals surface area contributed by atoms with E-state index in [-0.39, 0.29) is 23.6 Å². The molecule has 0 unspecified atom stereocenters. The fourth-order valence-electron chi connectivity index (χ4n) is 3.98. The molecule has 1 N–H and O–H groups in total. The van der Waals surface area contributed by atoms with Gasteiger partial charge in [-0.15, -0.1) is 0 Å². The Morgan fingerprint density at radius 2 is 2.03 bits per heavy atom. The van der Waals surface area contributed by atoms with Gasteiger partial charge in [-0.1, -0.05) is 20.8 Å². The van der Waals surface area contributed by atoms with E-state index in [4.69, 9.17) is 9.16 Å². The summed E-state index contributed by atoms with van der Waals surface area (Å²) in [5, 5.41) is 14.2. The number of nitro groups is 1. The Morgan fingerprint density at radius 1 is 1.35 bits per heavy atom. The van der Waals surface area contributed by atoms with Gasteiger partial charge in [-0.2, -0.15) is 0 Å². The molecule has 0 spiro atoms. The third-order valence-electron chi connectivity index (χ3n) is 5.73. The summed E-state index contributed by atoms with van der Waals surface area (Å²) in [7, 11) is -1.16. The third kappa shape index (κ3) is 5.07. The van der Waals surface area contributed by atoms with Gasteiger partial charge in [0.05, 0.1) is 11.5 Å². The molecule has 10 heteroatoms. The summed E-state index contributed by atoms with van der Waals surface area (Å²) in [4.78, 5) is 29.9. The second-order valence-corrected chi connectivity index (χ2v) is 11.3. The molecule has 0 saturated carbocycles. The molecule has 3 rings (SSSR count). The van der Waals surface area contributed by atoms with Crippen LogP contribution >= 0.6 is 0 Å². The molecule has 0 aromatic heterocycles. The van der Waals surface area contributed by atoms with Gasteiger partial charge >= 0.3 is 6.09 Å². The zero-order valence-corrected chi connectivity index (χ0v) is 19.8. The fraction of sp³-hybridized carbons (Fsp3) is 0.619. The number of carbonyl (C=O) groups is 1. The van der Waals surface area contributed by atoms with Crippen LogP contribution < -0.4 is 5.32 Å². The third-order valence-corrected chi connectivity index (χ3v) is 6.48. The van der Waals surface area contributed by atoms with Crippen molar-refractivity contribution in [1.82, 2.24) is 10.2 Å². The van der Waals surface area contributed by atoms with Crippen LogP contribution in [0.25, 0.3) is 0 Å².